The molecule has 3 aromatic carbocycles. The molecule has 1 aliphatic rings. The molecule has 176 valence electrons. The van der Waals surface area contributed by atoms with Gasteiger partial charge in [0.05, 0.1) is 25.3 Å². The van der Waals surface area contributed by atoms with E-state index in [1.807, 2.05) is 61.5 Å². The standard InChI is InChI=1S/C27H23FN4O3/c1-17-23(26-30-25(31-35-26)19-7-4-3-5-8-19)24(20-9-6-10-21(28)15-20)29-27(33)32(17)16-18-11-13-22(34-2)14-12-18/h3-15,24H,16H2,1-2H3,(H,29,33). The molecule has 0 saturated carbocycles. The van der Waals surface area contributed by atoms with E-state index in [4.69, 9.17) is 9.26 Å². The molecule has 0 spiro atoms. The Balaban J connectivity index is 1.58. The molecule has 1 atom stereocenters. The molecule has 1 N–H and O–H groups in total. The maximum atomic E-state index is 14.1. The molecule has 0 bridgehead atoms. The van der Waals surface area contributed by atoms with Gasteiger partial charge in [-0.1, -0.05) is 59.8 Å². The van der Waals surface area contributed by atoms with E-state index in [1.165, 1.54) is 12.1 Å². The van der Waals surface area contributed by atoms with Crippen LogP contribution in [-0.4, -0.2) is 28.2 Å². The lowest BCUT2D eigenvalue weighted by atomic mass is 9.94. The maximum Gasteiger partial charge on any atom is 0.322 e. The van der Waals surface area contributed by atoms with E-state index in [2.05, 4.69) is 15.5 Å². The predicted molar refractivity (Wildman–Crippen MR) is 129 cm³/mol. The van der Waals surface area contributed by atoms with Gasteiger partial charge in [-0.2, -0.15) is 4.98 Å². The normalized spacial score (nSPS) is 15.8. The van der Waals surface area contributed by atoms with Crippen molar-refractivity contribution in [2.45, 2.75) is 19.5 Å². The molecule has 0 aliphatic carbocycles. The van der Waals surface area contributed by atoms with Gasteiger partial charge < -0.3 is 14.6 Å². The summed E-state index contributed by atoms with van der Waals surface area (Å²) in [4.78, 5) is 19.4. The Morgan fingerprint density at radius 1 is 1.06 bits per heavy atom. The fraction of sp³-hybridized carbons (Fsp3) is 0.148. The van der Waals surface area contributed by atoms with Crippen LogP contribution in [0.2, 0.25) is 0 Å². The molecule has 1 aromatic heterocycles. The SMILES string of the molecule is COc1ccc(CN2C(=O)NC(c3cccc(F)c3)C(c3nc(-c4ccccc4)no3)=C2C)cc1. The average molecular weight is 471 g/mol. The zero-order valence-corrected chi connectivity index (χ0v) is 19.2. The van der Waals surface area contributed by atoms with E-state index in [0.717, 1.165) is 16.9 Å². The third-order valence-electron chi connectivity index (χ3n) is 5.97. The van der Waals surface area contributed by atoms with Gasteiger partial charge in [-0.05, 0) is 42.3 Å². The molecule has 2 heterocycles. The molecule has 0 fully saturated rings. The van der Waals surface area contributed by atoms with Gasteiger partial charge in [0.2, 0.25) is 5.82 Å². The van der Waals surface area contributed by atoms with E-state index in [-0.39, 0.29) is 11.9 Å². The Hall–Kier alpha value is -4.46. The fourth-order valence-electron chi connectivity index (χ4n) is 4.14. The summed E-state index contributed by atoms with van der Waals surface area (Å²) in [6.45, 7) is 2.15. The number of carbonyl (C=O) groups excluding carboxylic acids is 1. The van der Waals surface area contributed by atoms with Crippen LogP contribution in [0.4, 0.5) is 9.18 Å². The third-order valence-corrected chi connectivity index (χ3v) is 5.97. The number of halogens is 1. The van der Waals surface area contributed by atoms with Crippen molar-refractivity contribution in [3.05, 3.63) is 107 Å². The van der Waals surface area contributed by atoms with E-state index in [1.54, 1.807) is 24.1 Å². The third kappa shape index (κ3) is 4.50. The van der Waals surface area contributed by atoms with Crippen LogP contribution in [0.3, 0.4) is 0 Å². The highest BCUT2D eigenvalue weighted by Crippen LogP contribution is 2.38. The van der Waals surface area contributed by atoms with Gasteiger partial charge >= 0.3 is 6.03 Å². The van der Waals surface area contributed by atoms with Gasteiger partial charge in [0.15, 0.2) is 0 Å². The van der Waals surface area contributed by atoms with Gasteiger partial charge in [-0.3, -0.25) is 4.90 Å². The number of ether oxygens (including phenoxy) is 1. The van der Waals surface area contributed by atoms with Crippen molar-refractivity contribution in [1.82, 2.24) is 20.4 Å². The summed E-state index contributed by atoms with van der Waals surface area (Å²) < 4.78 is 25.0. The number of amides is 2. The monoisotopic (exact) mass is 470 g/mol. The first-order chi connectivity index (χ1) is 17.0. The largest absolute Gasteiger partial charge is 0.497 e. The molecule has 4 aromatic rings. The Labute approximate surface area is 201 Å². The lowest BCUT2D eigenvalue weighted by Gasteiger charge is -2.35. The molecular weight excluding hydrogens is 447 g/mol. The van der Waals surface area contributed by atoms with Crippen molar-refractivity contribution < 1.29 is 18.4 Å². The minimum absolute atomic E-state index is 0.260. The number of nitrogens with one attached hydrogen (secondary N) is 1. The van der Waals surface area contributed by atoms with Gasteiger partial charge in [0.1, 0.15) is 11.6 Å². The van der Waals surface area contributed by atoms with Gasteiger partial charge in [-0.15, -0.1) is 0 Å². The molecule has 0 saturated heterocycles. The second-order valence-electron chi connectivity index (χ2n) is 8.16. The number of hydrogen-bond donors (Lipinski definition) is 1. The number of carbonyl (C=O) groups is 1. The number of aromatic nitrogens is 2. The summed E-state index contributed by atoms with van der Waals surface area (Å²) in [7, 11) is 1.60. The van der Waals surface area contributed by atoms with Gasteiger partial charge in [-0.25, -0.2) is 9.18 Å². The van der Waals surface area contributed by atoms with Crippen molar-refractivity contribution >= 4 is 11.6 Å². The van der Waals surface area contributed by atoms with Crippen LogP contribution in [0.5, 0.6) is 5.75 Å². The summed E-state index contributed by atoms with van der Waals surface area (Å²) in [5.41, 5.74) is 3.55. The highest BCUT2D eigenvalue weighted by Gasteiger charge is 2.36. The average Bonchev–Trinajstić information content (AvgIpc) is 3.37. The van der Waals surface area contributed by atoms with Crippen molar-refractivity contribution in [1.29, 1.82) is 0 Å². The molecule has 1 unspecified atom stereocenters. The minimum atomic E-state index is -0.658. The molecule has 7 nitrogen and oxygen atoms in total. The fourth-order valence-corrected chi connectivity index (χ4v) is 4.14. The number of allylic oxidation sites excluding steroid dienone is 1. The molecule has 8 heteroatoms. The number of rotatable bonds is 6. The number of methoxy groups -OCH3 is 1. The Morgan fingerprint density at radius 3 is 2.54 bits per heavy atom. The summed E-state index contributed by atoms with van der Waals surface area (Å²) >= 11 is 0. The Kier molecular flexibility index (Phi) is 6.01. The second kappa shape index (κ2) is 9.42. The van der Waals surface area contributed by atoms with Crippen LogP contribution in [0.25, 0.3) is 17.0 Å². The molecular formula is C27H23FN4O3. The highest BCUT2D eigenvalue weighted by atomic mass is 19.1. The lowest BCUT2D eigenvalue weighted by molar-refractivity contribution is 0.203. The highest BCUT2D eigenvalue weighted by molar-refractivity contribution is 5.86. The van der Waals surface area contributed by atoms with Crippen LogP contribution in [0, 0.1) is 5.82 Å². The molecule has 35 heavy (non-hydrogen) atoms. The first-order valence-corrected chi connectivity index (χ1v) is 11.1. The molecule has 2 amide bonds. The molecule has 0 radical (unpaired) electrons. The smallest absolute Gasteiger partial charge is 0.322 e. The van der Waals surface area contributed by atoms with E-state index in [9.17, 15) is 9.18 Å². The van der Waals surface area contributed by atoms with Gasteiger partial charge in [0, 0.05) is 11.3 Å². The maximum absolute atomic E-state index is 14.1. The van der Waals surface area contributed by atoms with Crippen molar-refractivity contribution in [3.8, 4) is 17.1 Å². The Bertz CT molecular complexity index is 1380. The summed E-state index contributed by atoms with van der Waals surface area (Å²) in [6, 6.07) is 22.1. The quantitative estimate of drug-likeness (QED) is 0.398. The van der Waals surface area contributed by atoms with Crippen LogP contribution >= 0.6 is 0 Å². The van der Waals surface area contributed by atoms with Gasteiger partial charge in [0.25, 0.3) is 5.89 Å². The van der Waals surface area contributed by atoms with Crippen LogP contribution in [0.1, 0.15) is 30.0 Å². The Morgan fingerprint density at radius 2 is 1.83 bits per heavy atom. The first-order valence-electron chi connectivity index (χ1n) is 11.1. The lowest BCUT2D eigenvalue weighted by Crippen LogP contribution is -2.45. The minimum Gasteiger partial charge on any atom is -0.497 e. The first kappa shape index (κ1) is 22.3. The van der Waals surface area contributed by atoms with E-state index < -0.39 is 11.9 Å². The summed E-state index contributed by atoms with van der Waals surface area (Å²) in [5, 5.41) is 7.14. The van der Waals surface area contributed by atoms with Crippen LogP contribution in [-0.2, 0) is 6.54 Å². The zero-order valence-electron chi connectivity index (χ0n) is 19.2. The topological polar surface area (TPSA) is 80.5 Å². The molecule has 5 rings (SSSR count). The molecule has 1 aliphatic heterocycles. The van der Waals surface area contributed by atoms with E-state index in [0.29, 0.717) is 29.2 Å². The second-order valence-corrected chi connectivity index (χ2v) is 8.16. The van der Waals surface area contributed by atoms with E-state index >= 15 is 0 Å². The van der Waals surface area contributed by atoms with Crippen molar-refractivity contribution in [3.63, 3.8) is 0 Å². The number of urea groups is 1. The van der Waals surface area contributed by atoms with Crippen LogP contribution < -0.4 is 10.1 Å². The van der Waals surface area contributed by atoms with Crippen molar-refractivity contribution in [2.75, 3.05) is 7.11 Å². The predicted octanol–water partition coefficient (Wildman–Crippen LogP) is 5.58. The summed E-state index contributed by atoms with van der Waals surface area (Å²) in [5.74, 6) is 1.02. The van der Waals surface area contributed by atoms with Crippen molar-refractivity contribution in [2.24, 2.45) is 0 Å². The van der Waals surface area contributed by atoms with Crippen LogP contribution in [0.15, 0.2) is 89.1 Å². The number of hydrogen-bond acceptors (Lipinski definition) is 5. The summed E-state index contributed by atoms with van der Waals surface area (Å²) in [6.07, 6.45) is 0. The zero-order chi connectivity index (χ0) is 24.4. The number of nitrogens with zero attached hydrogens (tertiary/aromatic N) is 3. The number of benzene rings is 3.